The Balaban J connectivity index is 1.56. The predicted molar refractivity (Wildman–Crippen MR) is 105 cm³/mol. The minimum absolute atomic E-state index is 0.0949. The zero-order valence-corrected chi connectivity index (χ0v) is 15.7. The van der Waals surface area contributed by atoms with Gasteiger partial charge in [0.2, 0.25) is 5.89 Å². The molecule has 1 amide bonds. The summed E-state index contributed by atoms with van der Waals surface area (Å²) >= 11 is 0. The summed E-state index contributed by atoms with van der Waals surface area (Å²) in [5, 5.41) is 2.95. The third kappa shape index (κ3) is 3.92. The van der Waals surface area contributed by atoms with Crippen molar-refractivity contribution in [2.24, 2.45) is 0 Å². The van der Waals surface area contributed by atoms with E-state index in [1.807, 2.05) is 42.5 Å². The van der Waals surface area contributed by atoms with Crippen molar-refractivity contribution in [3.63, 3.8) is 0 Å². The summed E-state index contributed by atoms with van der Waals surface area (Å²) in [6, 6.07) is 14.9. The number of carbonyl (C=O) groups is 1. The molecular weight excluding hydrogens is 356 g/mol. The fourth-order valence-corrected chi connectivity index (χ4v) is 3.28. The monoisotopic (exact) mass is 378 g/mol. The Morgan fingerprint density at radius 1 is 1.25 bits per heavy atom. The standard InChI is InChI=1S/C22H22N2O4/c1-26-16-7-4-6-15(12-16)20-14-24-22(28-20)19-10-3-2-9-18(19)21(25)23-13-17-8-5-11-27-17/h2-4,6-7,9-10,12,14,17H,5,8,11,13H2,1H3,(H,23,25)/t17-/m0/s1. The molecule has 0 saturated carbocycles. The number of methoxy groups -OCH3 is 1. The highest BCUT2D eigenvalue weighted by Gasteiger charge is 2.20. The summed E-state index contributed by atoms with van der Waals surface area (Å²) in [6.07, 6.45) is 3.77. The molecule has 144 valence electrons. The molecule has 28 heavy (non-hydrogen) atoms. The van der Waals surface area contributed by atoms with Crippen LogP contribution in [0.3, 0.4) is 0 Å². The molecule has 4 rings (SSSR count). The maximum Gasteiger partial charge on any atom is 0.252 e. The first kappa shape index (κ1) is 18.3. The molecule has 6 nitrogen and oxygen atoms in total. The Hall–Kier alpha value is -3.12. The third-order valence-corrected chi connectivity index (χ3v) is 4.78. The van der Waals surface area contributed by atoms with Crippen molar-refractivity contribution in [1.29, 1.82) is 0 Å². The average Bonchev–Trinajstić information content (AvgIpc) is 3.44. The number of nitrogens with zero attached hydrogens (tertiary/aromatic N) is 1. The van der Waals surface area contributed by atoms with Crippen LogP contribution in [0, 0.1) is 0 Å². The SMILES string of the molecule is COc1cccc(-c2cnc(-c3ccccc3C(=O)NC[C@@H]3CCCO3)o2)c1. The lowest BCUT2D eigenvalue weighted by Gasteiger charge is -2.12. The van der Waals surface area contributed by atoms with E-state index in [4.69, 9.17) is 13.9 Å². The Labute approximate surface area is 163 Å². The van der Waals surface area contributed by atoms with Gasteiger partial charge in [0.15, 0.2) is 5.76 Å². The zero-order valence-electron chi connectivity index (χ0n) is 15.7. The first-order valence-corrected chi connectivity index (χ1v) is 9.34. The van der Waals surface area contributed by atoms with Gasteiger partial charge < -0.3 is 19.2 Å². The van der Waals surface area contributed by atoms with Gasteiger partial charge in [-0.1, -0.05) is 24.3 Å². The molecule has 1 aliphatic rings. The number of carbonyl (C=O) groups excluding carboxylic acids is 1. The van der Waals surface area contributed by atoms with Crippen molar-refractivity contribution in [1.82, 2.24) is 10.3 Å². The highest BCUT2D eigenvalue weighted by atomic mass is 16.5. The highest BCUT2D eigenvalue weighted by molar-refractivity contribution is 6.00. The minimum atomic E-state index is -0.160. The van der Waals surface area contributed by atoms with E-state index in [1.165, 1.54) is 0 Å². The van der Waals surface area contributed by atoms with Gasteiger partial charge in [0.25, 0.3) is 5.91 Å². The van der Waals surface area contributed by atoms with Crippen molar-refractivity contribution >= 4 is 5.91 Å². The molecule has 0 spiro atoms. The van der Waals surface area contributed by atoms with E-state index >= 15 is 0 Å². The first-order chi connectivity index (χ1) is 13.7. The van der Waals surface area contributed by atoms with Crippen molar-refractivity contribution in [2.45, 2.75) is 18.9 Å². The number of nitrogens with one attached hydrogen (secondary N) is 1. The van der Waals surface area contributed by atoms with Crippen LogP contribution in [0.4, 0.5) is 0 Å². The Bertz CT molecular complexity index is 960. The Morgan fingerprint density at radius 2 is 2.14 bits per heavy atom. The number of ether oxygens (including phenoxy) is 2. The molecule has 0 radical (unpaired) electrons. The first-order valence-electron chi connectivity index (χ1n) is 9.34. The van der Waals surface area contributed by atoms with Crippen LogP contribution in [0.2, 0.25) is 0 Å². The maximum atomic E-state index is 12.7. The topological polar surface area (TPSA) is 73.6 Å². The van der Waals surface area contributed by atoms with Crippen LogP contribution in [0.1, 0.15) is 23.2 Å². The quantitative estimate of drug-likeness (QED) is 0.704. The predicted octanol–water partition coefficient (Wildman–Crippen LogP) is 3.93. The van der Waals surface area contributed by atoms with Crippen molar-refractivity contribution in [3.05, 3.63) is 60.3 Å². The summed E-state index contributed by atoms with van der Waals surface area (Å²) in [6.45, 7) is 1.27. The molecule has 0 unspecified atom stereocenters. The molecule has 1 N–H and O–H groups in total. The van der Waals surface area contributed by atoms with Crippen LogP contribution in [0.15, 0.2) is 59.1 Å². The number of hydrogen-bond acceptors (Lipinski definition) is 5. The van der Waals surface area contributed by atoms with E-state index in [0.29, 0.717) is 29.3 Å². The van der Waals surface area contributed by atoms with E-state index in [0.717, 1.165) is 30.8 Å². The number of benzene rings is 2. The van der Waals surface area contributed by atoms with Crippen LogP contribution < -0.4 is 10.1 Å². The summed E-state index contributed by atoms with van der Waals surface area (Å²) in [7, 11) is 1.62. The molecular formula is C22H22N2O4. The molecule has 2 aromatic carbocycles. The van der Waals surface area contributed by atoms with Gasteiger partial charge in [-0.3, -0.25) is 4.79 Å². The lowest BCUT2D eigenvalue weighted by atomic mass is 10.1. The fraction of sp³-hybridized carbons (Fsp3) is 0.273. The molecule has 2 heterocycles. The number of aromatic nitrogens is 1. The molecule has 3 aromatic rings. The van der Waals surface area contributed by atoms with E-state index in [1.54, 1.807) is 19.4 Å². The van der Waals surface area contributed by atoms with Gasteiger partial charge in [0.05, 0.1) is 25.0 Å². The van der Waals surface area contributed by atoms with E-state index in [2.05, 4.69) is 10.3 Å². The largest absolute Gasteiger partial charge is 0.497 e. The van der Waals surface area contributed by atoms with Crippen molar-refractivity contribution in [2.75, 3.05) is 20.3 Å². The third-order valence-electron chi connectivity index (χ3n) is 4.78. The summed E-state index contributed by atoms with van der Waals surface area (Å²) < 4.78 is 16.8. The molecule has 6 heteroatoms. The molecule has 1 atom stereocenters. The molecule has 1 aromatic heterocycles. The molecule has 1 fully saturated rings. The van der Waals surface area contributed by atoms with Crippen molar-refractivity contribution in [3.8, 4) is 28.5 Å². The number of oxazole rings is 1. The zero-order chi connectivity index (χ0) is 19.3. The van der Waals surface area contributed by atoms with Gasteiger partial charge in [0.1, 0.15) is 5.75 Å². The minimum Gasteiger partial charge on any atom is -0.497 e. The van der Waals surface area contributed by atoms with E-state index < -0.39 is 0 Å². The van der Waals surface area contributed by atoms with Gasteiger partial charge in [0, 0.05) is 24.3 Å². The smallest absolute Gasteiger partial charge is 0.252 e. The lowest BCUT2D eigenvalue weighted by molar-refractivity contribution is 0.0858. The molecule has 0 aliphatic carbocycles. The Morgan fingerprint density at radius 3 is 2.96 bits per heavy atom. The molecule has 1 saturated heterocycles. The number of rotatable bonds is 6. The highest BCUT2D eigenvalue weighted by Crippen LogP contribution is 2.29. The molecule has 1 aliphatic heterocycles. The lowest BCUT2D eigenvalue weighted by Crippen LogP contribution is -2.32. The summed E-state index contributed by atoms with van der Waals surface area (Å²) in [5.41, 5.74) is 2.04. The van der Waals surface area contributed by atoms with Crippen LogP contribution in [-0.4, -0.2) is 37.3 Å². The van der Waals surface area contributed by atoms with Crippen LogP contribution in [0.25, 0.3) is 22.8 Å². The summed E-state index contributed by atoms with van der Waals surface area (Å²) in [5.74, 6) is 1.60. The Kier molecular flexibility index (Phi) is 5.39. The number of amides is 1. The van der Waals surface area contributed by atoms with Gasteiger partial charge in [-0.05, 0) is 37.1 Å². The van der Waals surface area contributed by atoms with Crippen LogP contribution in [0.5, 0.6) is 5.75 Å². The molecule has 0 bridgehead atoms. The number of hydrogen-bond donors (Lipinski definition) is 1. The second kappa shape index (κ2) is 8.27. The average molecular weight is 378 g/mol. The van der Waals surface area contributed by atoms with Crippen LogP contribution >= 0.6 is 0 Å². The summed E-state index contributed by atoms with van der Waals surface area (Å²) in [4.78, 5) is 17.1. The second-order valence-electron chi connectivity index (χ2n) is 6.65. The van der Waals surface area contributed by atoms with Gasteiger partial charge in [-0.25, -0.2) is 4.98 Å². The van der Waals surface area contributed by atoms with Gasteiger partial charge >= 0.3 is 0 Å². The van der Waals surface area contributed by atoms with Crippen molar-refractivity contribution < 1.29 is 18.7 Å². The van der Waals surface area contributed by atoms with E-state index in [9.17, 15) is 4.79 Å². The van der Waals surface area contributed by atoms with Gasteiger partial charge in [-0.2, -0.15) is 0 Å². The van der Waals surface area contributed by atoms with Crippen LogP contribution in [-0.2, 0) is 4.74 Å². The normalized spacial score (nSPS) is 16.1. The van der Waals surface area contributed by atoms with E-state index in [-0.39, 0.29) is 12.0 Å². The maximum absolute atomic E-state index is 12.7. The fourth-order valence-electron chi connectivity index (χ4n) is 3.28. The van der Waals surface area contributed by atoms with Gasteiger partial charge in [-0.15, -0.1) is 0 Å². The second-order valence-corrected chi connectivity index (χ2v) is 6.65.